The maximum Gasteiger partial charge on any atom is 0.221 e. The molecule has 0 unspecified atom stereocenters. The van der Waals surface area contributed by atoms with Crippen LogP contribution in [-0.4, -0.2) is 32.4 Å². The van der Waals surface area contributed by atoms with E-state index in [2.05, 4.69) is 5.32 Å². The molecule has 0 bridgehead atoms. The van der Waals surface area contributed by atoms with Gasteiger partial charge in [0, 0.05) is 24.6 Å². The van der Waals surface area contributed by atoms with E-state index in [1.54, 1.807) is 0 Å². The van der Waals surface area contributed by atoms with Crippen molar-refractivity contribution in [3.8, 4) is 0 Å². The molecule has 128 valence electrons. The summed E-state index contributed by atoms with van der Waals surface area (Å²) in [6, 6.07) is 19.8. The van der Waals surface area contributed by atoms with Crippen LogP contribution in [0.3, 0.4) is 0 Å². The van der Waals surface area contributed by atoms with Gasteiger partial charge in [0.25, 0.3) is 0 Å². The van der Waals surface area contributed by atoms with E-state index in [4.69, 9.17) is 0 Å². The molecule has 24 heavy (non-hydrogen) atoms. The lowest BCUT2D eigenvalue weighted by molar-refractivity contribution is -0.121. The van der Waals surface area contributed by atoms with Gasteiger partial charge in [-0.05, 0) is 18.1 Å². The number of benzene rings is 2. The van der Waals surface area contributed by atoms with Crippen molar-refractivity contribution >= 4 is 15.7 Å². The van der Waals surface area contributed by atoms with Crippen LogP contribution in [-0.2, 0) is 14.6 Å². The quantitative estimate of drug-likeness (QED) is 0.839. The van der Waals surface area contributed by atoms with E-state index in [0.29, 0.717) is 0 Å². The predicted octanol–water partition coefficient (Wildman–Crippen LogP) is 2.76. The average molecular weight is 345 g/mol. The molecular weight excluding hydrogens is 322 g/mol. The van der Waals surface area contributed by atoms with Crippen molar-refractivity contribution in [2.75, 3.05) is 12.0 Å². The highest BCUT2D eigenvalue weighted by molar-refractivity contribution is 7.90. The van der Waals surface area contributed by atoms with Gasteiger partial charge >= 0.3 is 0 Å². The van der Waals surface area contributed by atoms with E-state index in [1.807, 2.05) is 67.6 Å². The van der Waals surface area contributed by atoms with E-state index in [-0.39, 0.29) is 30.0 Å². The Kier molecular flexibility index (Phi) is 6.15. The third-order valence-corrected chi connectivity index (χ3v) is 4.85. The molecule has 2 aromatic carbocycles. The molecule has 0 aliphatic carbocycles. The number of nitrogens with one attached hydrogen (secondary N) is 1. The Morgan fingerprint density at radius 2 is 1.42 bits per heavy atom. The molecule has 0 saturated heterocycles. The number of carbonyl (C=O) groups is 1. The molecule has 4 nitrogen and oxygen atoms in total. The first-order chi connectivity index (χ1) is 11.4. The van der Waals surface area contributed by atoms with Gasteiger partial charge in [-0.3, -0.25) is 4.79 Å². The lowest BCUT2D eigenvalue weighted by atomic mass is 9.86. The highest BCUT2D eigenvalue weighted by atomic mass is 32.2. The number of carbonyl (C=O) groups excluding carboxylic acids is 1. The van der Waals surface area contributed by atoms with Gasteiger partial charge in [-0.2, -0.15) is 0 Å². The largest absolute Gasteiger partial charge is 0.353 e. The lowest BCUT2D eigenvalue weighted by Gasteiger charge is -2.26. The van der Waals surface area contributed by atoms with E-state index < -0.39 is 9.84 Å². The lowest BCUT2D eigenvalue weighted by Crippen LogP contribution is -2.38. The number of rotatable bonds is 7. The Morgan fingerprint density at radius 3 is 1.83 bits per heavy atom. The summed E-state index contributed by atoms with van der Waals surface area (Å²) in [5.41, 5.74) is 2.22. The molecule has 0 fully saturated rings. The van der Waals surface area contributed by atoms with Crippen LogP contribution in [0.4, 0.5) is 0 Å². The van der Waals surface area contributed by atoms with Crippen LogP contribution in [0.25, 0.3) is 0 Å². The second-order valence-corrected chi connectivity index (χ2v) is 8.29. The van der Waals surface area contributed by atoms with Crippen LogP contribution in [0.5, 0.6) is 0 Å². The Hall–Kier alpha value is -2.14. The van der Waals surface area contributed by atoms with Gasteiger partial charge in [0.15, 0.2) is 0 Å². The second kappa shape index (κ2) is 8.11. The number of sulfone groups is 1. The summed E-state index contributed by atoms with van der Waals surface area (Å²) in [7, 11) is -3.14. The fourth-order valence-electron chi connectivity index (χ4n) is 2.78. The van der Waals surface area contributed by atoms with Gasteiger partial charge < -0.3 is 5.32 Å². The summed E-state index contributed by atoms with van der Waals surface area (Å²) in [5.74, 6) is -0.369. The molecule has 0 heterocycles. The molecule has 0 aliphatic rings. The minimum absolute atomic E-state index is 0.00887. The summed E-state index contributed by atoms with van der Waals surface area (Å²) >= 11 is 0. The summed E-state index contributed by atoms with van der Waals surface area (Å²) in [4.78, 5) is 12.1. The maximum absolute atomic E-state index is 12.1. The zero-order valence-corrected chi connectivity index (χ0v) is 14.8. The first-order valence-corrected chi connectivity index (χ1v) is 10.00. The molecular formula is C19H23NO3S. The molecule has 1 N–H and O–H groups in total. The molecule has 1 amide bonds. The van der Waals surface area contributed by atoms with Gasteiger partial charge in [-0.1, -0.05) is 60.7 Å². The van der Waals surface area contributed by atoms with Crippen molar-refractivity contribution in [1.29, 1.82) is 0 Å². The predicted molar refractivity (Wildman–Crippen MR) is 96.7 cm³/mol. The Labute approximate surface area is 143 Å². The third kappa shape index (κ3) is 5.49. The van der Waals surface area contributed by atoms with Gasteiger partial charge in [-0.25, -0.2) is 8.42 Å². The standard InChI is InChI=1S/C19H23NO3S/c1-15(20-18(21)13-14-24(2,22)23)19(16-9-5-3-6-10-16)17-11-7-4-8-12-17/h3-12,15,19H,13-14H2,1-2H3,(H,20,21)/t15-/m0/s1. The zero-order valence-electron chi connectivity index (χ0n) is 14.0. The Balaban J connectivity index is 2.17. The van der Waals surface area contributed by atoms with Crippen LogP contribution in [0.15, 0.2) is 60.7 Å². The van der Waals surface area contributed by atoms with Crippen LogP contribution in [0.1, 0.15) is 30.4 Å². The van der Waals surface area contributed by atoms with E-state index in [9.17, 15) is 13.2 Å². The van der Waals surface area contributed by atoms with Crippen molar-refractivity contribution in [3.05, 3.63) is 71.8 Å². The summed E-state index contributed by atoms with van der Waals surface area (Å²) < 4.78 is 22.4. The smallest absolute Gasteiger partial charge is 0.221 e. The van der Waals surface area contributed by atoms with Crippen molar-refractivity contribution in [2.45, 2.75) is 25.3 Å². The highest BCUT2D eigenvalue weighted by Gasteiger charge is 2.23. The molecule has 0 aliphatic heterocycles. The van der Waals surface area contributed by atoms with Crippen molar-refractivity contribution in [2.24, 2.45) is 0 Å². The first kappa shape index (κ1) is 18.2. The first-order valence-electron chi connectivity index (χ1n) is 7.94. The maximum atomic E-state index is 12.1. The monoisotopic (exact) mass is 345 g/mol. The SMILES string of the molecule is C[C@H](NC(=O)CCS(C)(=O)=O)C(c1ccccc1)c1ccccc1. The molecule has 2 aromatic rings. The molecule has 0 spiro atoms. The third-order valence-electron chi connectivity index (χ3n) is 3.91. The number of amides is 1. The minimum atomic E-state index is -3.14. The zero-order chi connectivity index (χ0) is 17.6. The van der Waals surface area contributed by atoms with Gasteiger partial charge in [0.05, 0.1) is 5.75 Å². The summed E-state index contributed by atoms with van der Waals surface area (Å²) in [6.07, 6.45) is 1.12. The van der Waals surface area contributed by atoms with E-state index >= 15 is 0 Å². The minimum Gasteiger partial charge on any atom is -0.353 e. The average Bonchev–Trinajstić information content (AvgIpc) is 2.54. The molecule has 5 heteroatoms. The van der Waals surface area contributed by atoms with Crippen LogP contribution >= 0.6 is 0 Å². The van der Waals surface area contributed by atoms with Crippen LogP contribution < -0.4 is 5.32 Å². The molecule has 1 atom stereocenters. The summed E-state index contributed by atoms with van der Waals surface area (Å²) in [5, 5.41) is 2.95. The Morgan fingerprint density at radius 1 is 0.958 bits per heavy atom. The van der Waals surface area contributed by atoms with Gasteiger partial charge in [0.2, 0.25) is 5.91 Å². The van der Waals surface area contributed by atoms with Crippen LogP contribution in [0.2, 0.25) is 0 Å². The number of hydrogen-bond donors (Lipinski definition) is 1. The second-order valence-electron chi connectivity index (χ2n) is 6.04. The number of hydrogen-bond acceptors (Lipinski definition) is 3. The van der Waals surface area contributed by atoms with Gasteiger partial charge in [0.1, 0.15) is 9.84 Å². The topological polar surface area (TPSA) is 63.2 Å². The fraction of sp³-hybridized carbons (Fsp3) is 0.316. The van der Waals surface area contributed by atoms with E-state index in [1.165, 1.54) is 0 Å². The Bertz CT molecular complexity index is 718. The fourth-order valence-corrected chi connectivity index (χ4v) is 3.33. The van der Waals surface area contributed by atoms with Crippen molar-refractivity contribution in [3.63, 3.8) is 0 Å². The van der Waals surface area contributed by atoms with Gasteiger partial charge in [-0.15, -0.1) is 0 Å². The molecule has 2 rings (SSSR count). The molecule has 0 saturated carbocycles. The molecule has 0 aromatic heterocycles. The molecule has 0 radical (unpaired) electrons. The van der Waals surface area contributed by atoms with Crippen LogP contribution in [0, 0.1) is 0 Å². The summed E-state index contributed by atoms with van der Waals surface area (Å²) in [6.45, 7) is 1.95. The highest BCUT2D eigenvalue weighted by Crippen LogP contribution is 2.27. The van der Waals surface area contributed by atoms with Crippen molar-refractivity contribution in [1.82, 2.24) is 5.32 Å². The van der Waals surface area contributed by atoms with E-state index in [0.717, 1.165) is 17.4 Å². The van der Waals surface area contributed by atoms with Crippen molar-refractivity contribution < 1.29 is 13.2 Å². The normalized spacial score (nSPS) is 12.8.